The van der Waals surface area contributed by atoms with Gasteiger partial charge in [0.05, 0.1) is 6.10 Å². The summed E-state index contributed by atoms with van der Waals surface area (Å²) in [6.07, 6.45) is 5.19. The van der Waals surface area contributed by atoms with Crippen LogP contribution in [0.4, 0.5) is 0 Å². The third-order valence-electron chi connectivity index (χ3n) is 3.09. The topological polar surface area (TPSA) is 29.5 Å². The number of likely N-dealkylation sites (tertiary alicyclic amines) is 1. The molecule has 16 heavy (non-hydrogen) atoms. The molecule has 1 unspecified atom stereocenters. The number of hydrogen-bond acceptors (Lipinski definition) is 2. The zero-order valence-corrected chi connectivity index (χ0v) is 10.9. The van der Waals surface area contributed by atoms with Gasteiger partial charge in [-0.3, -0.25) is 4.79 Å². The summed E-state index contributed by atoms with van der Waals surface area (Å²) in [5, 5.41) is 0. The van der Waals surface area contributed by atoms with E-state index in [4.69, 9.17) is 4.74 Å². The third kappa shape index (κ3) is 4.52. The Bertz CT molecular complexity index is 214. The predicted molar refractivity (Wildman–Crippen MR) is 65.3 cm³/mol. The van der Waals surface area contributed by atoms with Gasteiger partial charge in [-0.25, -0.2) is 0 Å². The molecule has 3 heteroatoms. The Kier molecular flexibility index (Phi) is 5.81. The molecular formula is C13H25NO2. The molecule has 0 aromatic rings. The van der Waals surface area contributed by atoms with Crippen molar-refractivity contribution in [1.29, 1.82) is 0 Å². The summed E-state index contributed by atoms with van der Waals surface area (Å²) in [5.74, 6) is 1.01. The van der Waals surface area contributed by atoms with Crippen molar-refractivity contribution in [3.8, 4) is 0 Å². The minimum Gasteiger partial charge on any atom is -0.376 e. The van der Waals surface area contributed by atoms with Gasteiger partial charge in [-0.2, -0.15) is 0 Å². The lowest BCUT2D eigenvalue weighted by atomic mass is 10.1. The van der Waals surface area contributed by atoms with Gasteiger partial charge in [0.2, 0.25) is 5.91 Å². The molecule has 0 bridgehead atoms. The van der Waals surface area contributed by atoms with Gasteiger partial charge in [-0.15, -0.1) is 0 Å². The van der Waals surface area contributed by atoms with Crippen LogP contribution in [0, 0.1) is 5.92 Å². The molecule has 1 atom stereocenters. The largest absolute Gasteiger partial charge is 0.376 e. The zero-order chi connectivity index (χ0) is 12.0. The quantitative estimate of drug-likeness (QED) is 0.741. The van der Waals surface area contributed by atoms with Crippen LogP contribution in [0.3, 0.4) is 0 Å². The van der Waals surface area contributed by atoms with Crippen LogP contribution in [0.25, 0.3) is 0 Å². The normalized spacial score (nSPS) is 24.7. The van der Waals surface area contributed by atoms with Crippen molar-refractivity contribution in [3.63, 3.8) is 0 Å². The first-order valence-corrected chi connectivity index (χ1v) is 6.63. The van der Waals surface area contributed by atoms with Crippen molar-refractivity contribution in [1.82, 2.24) is 4.90 Å². The Balaban J connectivity index is 0.000000606. The van der Waals surface area contributed by atoms with Gasteiger partial charge in [0.25, 0.3) is 0 Å². The maximum atomic E-state index is 11.2. The Hall–Kier alpha value is -0.570. The molecule has 1 amide bonds. The number of hydrogen-bond donors (Lipinski definition) is 0. The van der Waals surface area contributed by atoms with Crippen molar-refractivity contribution in [3.05, 3.63) is 0 Å². The SMILES string of the molecule is CC.CC(=O)N1CCCC(OCC2CC2)C1. The lowest BCUT2D eigenvalue weighted by molar-refractivity contribution is -0.133. The molecule has 2 aliphatic rings. The van der Waals surface area contributed by atoms with Crippen LogP contribution in [0.15, 0.2) is 0 Å². The molecular weight excluding hydrogens is 202 g/mol. The maximum Gasteiger partial charge on any atom is 0.219 e. The standard InChI is InChI=1S/C11H19NO2.C2H6/c1-9(13)12-6-2-3-11(7-12)14-8-10-4-5-10;1-2/h10-11H,2-8H2,1H3;1-2H3. The van der Waals surface area contributed by atoms with Gasteiger partial charge in [-0.05, 0) is 31.6 Å². The molecule has 0 aromatic carbocycles. The molecule has 0 aromatic heterocycles. The highest BCUT2D eigenvalue weighted by molar-refractivity contribution is 5.73. The van der Waals surface area contributed by atoms with E-state index in [0.717, 1.165) is 38.5 Å². The first-order valence-electron chi connectivity index (χ1n) is 6.63. The molecule has 0 radical (unpaired) electrons. The molecule has 2 fully saturated rings. The lowest BCUT2D eigenvalue weighted by Crippen LogP contribution is -2.42. The van der Waals surface area contributed by atoms with E-state index < -0.39 is 0 Å². The molecule has 0 N–H and O–H groups in total. The number of nitrogens with zero attached hydrogens (tertiary/aromatic N) is 1. The number of rotatable bonds is 3. The number of carbonyl (C=O) groups is 1. The molecule has 0 spiro atoms. The van der Waals surface area contributed by atoms with Gasteiger partial charge in [-0.1, -0.05) is 13.8 Å². The van der Waals surface area contributed by atoms with Crippen molar-refractivity contribution in [2.24, 2.45) is 5.92 Å². The summed E-state index contributed by atoms with van der Waals surface area (Å²) in [7, 11) is 0. The molecule has 1 heterocycles. The predicted octanol–water partition coefficient (Wildman–Crippen LogP) is 2.45. The highest BCUT2D eigenvalue weighted by Gasteiger charge is 2.26. The van der Waals surface area contributed by atoms with Crippen LogP contribution in [-0.2, 0) is 9.53 Å². The molecule has 1 aliphatic heterocycles. The van der Waals surface area contributed by atoms with Gasteiger partial charge < -0.3 is 9.64 Å². The van der Waals surface area contributed by atoms with E-state index in [-0.39, 0.29) is 5.91 Å². The fraction of sp³-hybridized carbons (Fsp3) is 0.923. The first-order chi connectivity index (χ1) is 7.75. The fourth-order valence-electron chi connectivity index (χ4n) is 1.92. The van der Waals surface area contributed by atoms with E-state index in [1.807, 2.05) is 18.7 Å². The van der Waals surface area contributed by atoms with Crippen LogP contribution >= 0.6 is 0 Å². The van der Waals surface area contributed by atoms with E-state index in [1.54, 1.807) is 6.92 Å². The van der Waals surface area contributed by atoms with Crippen molar-refractivity contribution >= 4 is 5.91 Å². The van der Waals surface area contributed by atoms with Gasteiger partial charge >= 0.3 is 0 Å². The summed E-state index contributed by atoms with van der Waals surface area (Å²) in [6, 6.07) is 0. The molecule has 1 aliphatic carbocycles. The van der Waals surface area contributed by atoms with Crippen LogP contribution < -0.4 is 0 Å². The first kappa shape index (κ1) is 13.5. The molecule has 1 saturated heterocycles. The van der Waals surface area contributed by atoms with Crippen LogP contribution in [-0.4, -0.2) is 36.6 Å². The Labute approximate surface area is 99.1 Å². The van der Waals surface area contributed by atoms with Crippen LogP contribution in [0.2, 0.25) is 0 Å². The van der Waals surface area contributed by atoms with Crippen molar-refractivity contribution in [2.45, 2.75) is 52.6 Å². The minimum absolute atomic E-state index is 0.185. The van der Waals surface area contributed by atoms with Gasteiger partial charge in [0, 0.05) is 26.6 Å². The number of piperidine rings is 1. The molecule has 94 valence electrons. The fourth-order valence-corrected chi connectivity index (χ4v) is 1.92. The Morgan fingerprint density at radius 3 is 2.56 bits per heavy atom. The third-order valence-corrected chi connectivity index (χ3v) is 3.09. The van der Waals surface area contributed by atoms with Gasteiger partial charge in [0.15, 0.2) is 0 Å². The zero-order valence-electron chi connectivity index (χ0n) is 10.9. The monoisotopic (exact) mass is 227 g/mol. The number of amides is 1. The second-order valence-electron chi connectivity index (χ2n) is 4.51. The van der Waals surface area contributed by atoms with E-state index >= 15 is 0 Å². The number of ether oxygens (including phenoxy) is 1. The van der Waals surface area contributed by atoms with E-state index in [0.29, 0.717) is 6.10 Å². The summed E-state index contributed by atoms with van der Waals surface area (Å²) < 4.78 is 5.79. The number of carbonyl (C=O) groups excluding carboxylic acids is 1. The molecule has 3 nitrogen and oxygen atoms in total. The van der Waals surface area contributed by atoms with Crippen LogP contribution in [0.1, 0.15) is 46.5 Å². The molecule has 2 rings (SSSR count). The van der Waals surface area contributed by atoms with E-state index in [1.165, 1.54) is 12.8 Å². The van der Waals surface area contributed by atoms with E-state index in [9.17, 15) is 4.79 Å². The minimum atomic E-state index is 0.185. The van der Waals surface area contributed by atoms with Crippen molar-refractivity contribution < 1.29 is 9.53 Å². The highest BCUT2D eigenvalue weighted by Crippen LogP contribution is 2.29. The summed E-state index contributed by atoms with van der Waals surface area (Å²) in [4.78, 5) is 13.1. The Morgan fingerprint density at radius 2 is 2.00 bits per heavy atom. The summed E-state index contributed by atoms with van der Waals surface area (Å²) in [6.45, 7) is 8.28. The summed E-state index contributed by atoms with van der Waals surface area (Å²) >= 11 is 0. The maximum absolute atomic E-state index is 11.2. The second-order valence-corrected chi connectivity index (χ2v) is 4.51. The molecule has 1 saturated carbocycles. The van der Waals surface area contributed by atoms with Gasteiger partial charge in [0.1, 0.15) is 0 Å². The summed E-state index contributed by atoms with van der Waals surface area (Å²) in [5.41, 5.74) is 0. The average Bonchev–Trinajstić information content (AvgIpc) is 3.13. The smallest absolute Gasteiger partial charge is 0.219 e. The highest BCUT2D eigenvalue weighted by atomic mass is 16.5. The second kappa shape index (κ2) is 6.89. The average molecular weight is 227 g/mol. The van der Waals surface area contributed by atoms with Crippen molar-refractivity contribution in [2.75, 3.05) is 19.7 Å². The lowest BCUT2D eigenvalue weighted by Gasteiger charge is -2.31. The van der Waals surface area contributed by atoms with Crippen LogP contribution in [0.5, 0.6) is 0 Å². The Morgan fingerprint density at radius 1 is 1.31 bits per heavy atom. The van der Waals surface area contributed by atoms with E-state index in [2.05, 4.69) is 0 Å².